The second kappa shape index (κ2) is 6.02. The minimum absolute atomic E-state index is 0.134. The summed E-state index contributed by atoms with van der Waals surface area (Å²) in [5.74, 6) is 0.814. The van der Waals surface area contributed by atoms with E-state index < -0.39 is 0 Å². The van der Waals surface area contributed by atoms with Crippen LogP contribution in [-0.4, -0.2) is 33.6 Å². The first-order chi connectivity index (χ1) is 11.7. The van der Waals surface area contributed by atoms with Crippen LogP contribution >= 0.6 is 0 Å². The predicted molar refractivity (Wildman–Crippen MR) is 89.7 cm³/mol. The molecule has 2 aromatic rings. The maximum Gasteiger partial charge on any atom is 0.233 e. The van der Waals surface area contributed by atoms with Gasteiger partial charge < -0.3 is 14.2 Å². The zero-order valence-corrected chi connectivity index (χ0v) is 14.1. The number of rotatable bonds is 3. The van der Waals surface area contributed by atoms with Crippen molar-refractivity contribution < 1.29 is 9.53 Å². The quantitative estimate of drug-likeness (QED) is 0.868. The van der Waals surface area contributed by atoms with E-state index in [9.17, 15) is 4.79 Å². The van der Waals surface area contributed by atoms with E-state index in [1.54, 1.807) is 6.20 Å². The normalized spacial score (nSPS) is 22.8. The molecule has 0 radical (unpaired) electrons. The van der Waals surface area contributed by atoms with Gasteiger partial charge in [0.25, 0.3) is 0 Å². The molecule has 6 nitrogen and oxygen atoms in total. The summed E-state index contributed by atoms with van der Waals surface area (Å²) in [5, 5.41) is 0. The van der Waals surface area contributed by atoms with Crippen LogP contribution in [0.5, 0.6) is 0 Å². The van der Waals surface area contributed by atoms with Crippen molar-refractivity contribution in [1.82, 2.24) is 14.5 Å². The third-order valence-corrected chi connectivity index (χ3v) is 4.96. The summed E-state index contributed by atoms with van der Waals surface area (Å²) in [5.41, 5.74) is 3.05. The molecule has 4 heterocycles. The lowest BCUT2D eigenvalue weighted by atomic mass is 9.99. The minimum atomic E-state index is -0.255. The van der Waals surface area contributed by atoms with Crippen molar-refractivity contribution in [3.63, 3.8) is 0 Å². The number of amides is 1. The van der Waals surface area contributed by atoms with Crippen LogP contribution < -0.4 is 4.90 Å². The van der Waals surface area contributed by atoms with Gasteiger partial charge in [-0.15, -0.1) is 0 Å². The van der Waals surface area contributed by atoms with Crippen LogP contribution in [0.3, 0.4) is 0 Å². The summed E-state index contributed by atoms with van der Waals surface area (Å²) in [6.45, 7) is 6.21. The van der Waals surface area contributed by atoms with Gasteiger partial charge >= 0.3 is 0 Å². The van der Waals surface area contributed by atoms with E-state index in [1.165, 1.54) is 0 Å². The van der Waals surface area contributed by atoms with Crippen molar-refractivity contribution in [3.8, 4) is 0 Å². The summed E-state index contributed by atoms with van der Waals surface area (Å²) < 4.78 is 7.95. The Bertz CT molecular complexity index is 770. The van der Waals surface area contributed by atoms with E-state index in [0.717, 1.165) is 42.2 Å². The number of anilines is 1. The van der Waals surface area contributed by atoms with Gasteiger partial charge in [0.15, 0.2) is 0 Å². The molecular formula is C18H22N4O2. The lowest BCUT2D eigenvalue weighted by molar-refractivity contribution is -0.124. The molecule has 0 bridgehead atoms. The fraction of sp³-hybridized carbons (Fsp3) is 0.500. The Morgan fingerprint density at radius 2 is 2.29 bits per heavy atom. The lowest BCUT2D eigenvalue weighted by Gasteiger charge is -2.24. The number of carbonyl (C=O) groups is 1. The van der Waals surface area contributed by atoms with Crippen LogP contribution in [0, 0.1) is 12.8 Å². The van der Waals surface area contributed by atoms with E-state index in [2.05, 4.69) is 27.5 Å². The summed E-state index contributed by atoms with van der Waals surface area (Å²) in [6.07, 6.45) is 6.90. The van der Waals surface area contributed by atoms with E-state index in [4.69, 9.17) is 4.74 Å². The lowest BCUT2D eigenvalue weighted by Crippen LogP contribution is -2.36. The molecular weight excluding hydrogens is 304 g/mol. The van der Waals surface area contributed by atoms with Crippen LogP contribution in [0.1, 0.15) is 36.5 Å². The number of ether oxygens (including phenoxy) is 1. The summed E-state index contributed by atoms with van der Waals surface area (Å²) in [4.78, 5) is 24.0. The molecule has 1 fully saturated rings. The fourth-order valence-electron chi connectivity index (χ4n) is 3.72. The number of hydrogen-bond donors (Lipinski definition) is 0. The van der Waals surface area contributed by atoms with Crippen molar-refractivity contribution >= 4 is 11.6 Å². The van der Waals surface area contributed by atoms with Crippen LogP contribution in [0.15, 0.2) is 24.7 Å². The third kappa shape index (κ3) is 2.41. The molecule has 24 heavy (non-hydrogen) atoms. The molecule has 0 unspecified atom stereocenters. The molecule has 2 atom stereocenters. The Morgan fingerprint density at radius 3 is 3.12 bits per heavy atom. The van der Waals surface area contributed by atoms with Gasteiger partial charge in [-0.3, -0.25) is 9.78 Å². The molecule has 2 aliphatic heterocycles. The number of carbonyl (C=O) groups excluding carboxylic acids is 1. The SMILES string of the molecule is CCn1ccnc1[C@@H]1OCC[C@H]1C(=O)N1CCc2ncc(C)cc21. The van der Waals surface area contributed by atoms with Crippen molar-refractivity contribution in [1.29, 1.82) is 0 Å². The van der Waals surface area contributed by atoms with Gasteiger partial charge in [0.1, 0.15) is 11.9 Å². The largest absolute Gasteiger partial charge is 0.369 e. The first-order valence-electron chi connectivity index (χ1n) is 8.58. The fourth-order valence-corrected chi connectivity index (χ4v) is 3.72. The van der Waals surface area contributed by atoms with Gasteiger partial charge in [0.05, 0.1) is 17.3 Å². The van der Waals surface area contributed by atoms with Gasteiger partial charge in [-0.2, -0.15) is 0 Å². The van der Waals surface area contributed by atoms with E-state index in [1.807, 2.05) is 24.2 Å². The van der Waals surface area contributed by atoms with Crippen LogP contribution in [0.4, 0.5) is 5.69 Å². The Kier molecular flexibility index (Phi) is 3.84. The highest BCUT2D eigenvalue weighted by molar-refractivity contribution is 5.97. The Labute approximate surface area is 141 Å². The Balaban J connectivity index is 1.62. The van der Waals surface area contributed by atoms with Crippen LogP contribution in [0.2, 0.25) is 0 Å². The van der Waals surface area contributed by atoms with Crippen LogP contribution in [0.25, 0.3) is 0 Å². The van der Waals surface area contributed by atoms with Gasteiger partial charge in [0.2, 0.25) is 5.91 Å². The Morgan fingerprint density at radius 1 is 1.42 bits per heavy atom. The topological polar surface area (TPSA) is 60.3 Å². The van der Waals surface area contributed by atoms with Crippen molar-refractivity contribution in [2.45, 2.75) is 39.3 Å². The molecule has 1 amide bonds. The smallest absolute Gasteiger partial charge is 0.233 e. The molecule has 0 spiro atoms. The second-order valence-corrected chi connectivity index (χ2v) is 6.48. The van der Waals surface area contributed by atoms with Gasteiger partial charge in [-0.1, -0.05) is 0 Å². The number of aryl methyl sites for hydroxylation is 2. The number of aromatic nitrogens is 3. The highest BCUT2D eigenvalue weighted by atomic mass is 16.5. The van der Waals surface area contributed by atoms with Crippen LogP contribution in [-0.2, 0) is 22.5 Å². The van der Waals surface area contributed by atoms with E-state index in [-0.39, 0.29) is 17.9 Å². The summed E-state index contributed by atoms with van der Waals surface area (Å²) >= 11 is 0. The predicted octanol–water partition coefficient (Wildman–Crippen LogP) is 2.27. The number of fused-ring (bicyclic) bond motifs is 1. The average molecular weight is 326 g/mol. The van der Waals surface area contributed by atoms with E-state index >= 15 is 0 Å². The molecule has 126 valence electrons. The highest BCUT2D eigenvalue weighted by Gasteiger charge is 2.41. The Hall–Kier alpha value is -2.21. The standard InChI is InChI=1S/C18H22N4O2/c1-3-21-8-6-19-17(21)16-13(5-9-24-16)18(23)22-7-4-14-15(22)10-12(2)11-20-14/h6,8,10-11,13,16H,3-5,7,9H2,1-2H3/t13-,16-/m1/s1. The first-order valence-corrected chi connectivity index (χ1v) is 8.58. The van der Waals surface area contributed by atoms with Gasteiger partial charge in [0, 0.05) is 44.7 Å². The third-order valence-electron chi connectivity index (χ3n) is 4.96. The molecule has 0 aromatic carbocycles. The molecule has 6 heteroatoms. The minimum Gasteiger partial charge on any atom is -0.369 e. The van der Waals surface area contributed by atoms with Gasteiger partial charge in [-0.25, -0.2) is 4.98 Å². The summed E-state index contributed by atoms with van der Waals surface area (Å²) in [7, 11) is 0. The zero-order valence-electron chi connectivity index (χ0n) is 14.1. The number of hydrogen-bond acceptors (Lipinski definition) is 4. The molecule has 4 rings (SSSR count). The van der Waals surface area contributed by atoms with Crippen molar-refractivity contribution in [3.05, 3.63) is 41.7 Å². The number of pyridine rings is 1. The van der Waals surface area contributed by atoms with E-state index in [0.29, 0.717) is 13.2 Å². The second-order valence-electron chi connectivity index (χ2n) is 6.48. The highest BCUT2D eigenvalue weighted by Crippen LogP contribution is 2.38. The maximum absolute atomic E-state index is 13.2. The number of imidazole rings is 1. The van der Waals surface area contributed by atoms with Gasteiger partial charge in [-0.05, 0) is 31.9 Å². The molecule has 2 aliphatic rings. The molecule has 2 aromatic heterocycles. The first kappa shape index (κ1) is 15.3. The van der Waals surface area contributed by atoms with Crippen molar-refractivity contribution in [2.24, 2.45) is 5.92 Å². The zero-order chi connectivity index (χ0) is 16.7. The monoisotopic (exact) mass is 326 g/mol. The average Bonchev–Trinajstić information content (AvgIpc) is 3.31. The molecule has 0 aliphatic carbocycles. The summed E-state index contributed by atoms with van der Waals surface area (Å²) in [6, 6.07) is 2.06. The molecule has 1 saturated heterocycles. The maximum atomic E-state index is 13.2. The van der Waals surface area contributed by atoms with Crippen molar-refractivity contribution in [2.75, 3.05) is 18.1 Å². The molecule has 0 saturated carbocycles. The molecule has 0 N–H and O–H groups in total. The number of nitrogens with zero attached hydrogens (tertiary/aromatic N) is 4.